The summed E-state index contributed by atoms with van der Waals surface area (Å²) in [5.74, 6) is -4.07. The molecule has 0 saturated heterocycles. The highest BCUT2D eigenvalue weighted by molar-refractivity contribution is 9.11. The average Bonchev–Trinajstić information content (AvgIpc) is 1.72. The number of esters is 5. The maximum Gasteiger partial charge on any atom is 0.357 e. The summed E-state index contributed by atoms with van der Waals surface area (Å²) in [4.78, 5) is 115. The van der Waals surface area contributed by atoms with Crippen molar-refractivity contribution in [1.82, 2.24) is 58.1 Å². The number of ether oxygens (including phenoxy) is 5. The number of hydrogen-bond acceptors (Lipinski definition) is 24. The van der Waals surface area contributed by atoms with Gasteiger partial charge in [0.1, 0.15) is 23.2 Å². The Kier molecular flexibility index (Phi) is 43.6. The standard InChI is InChI=1S/C15H12N2O2.C14H10N2O2.C9H7BrN2O2.C8H7Br2NO2.C8H9BrN2O2.C8H8BrNO2.C7H5BrN2.C7H6BrNO2.C6H6BrNO.C6H6BrN/c1-19-15(18)14-13(11-5-3-2-4-6-11)8-7-12-9-16-10-17(12)14;17-14(18)13-12(10-4-2-1-3-5-10)7-6-11-8-15-9-16(11)13;1-14-9(13)8-7(10)3-2-6-4-11-5-12(6)8;1-13-8(12)7-6(10)3-2-5(4-9)11-7;1-13-8(12)7-6(9)3-2-5(4-10)11-7;1-5-3-4-6(9)7(10-5)8(11)12-2;1-5-2-3-6(8)7(4-9)10-5;1-4-2-3-5(8)6(9-4)7(10)11;1-5-2-3-6(7)4-8(5)9;1-5-2-3-6(7)4-8-5/h2-10H,1H3;1-9H,(H,17,18);2-5H,1H3;2-3H,4H2,1H3;2-3H,4,10H2,1H3;3-4H,1-2H3;2-3H,1H3;2-3H,1H3,(H,10,11);2-4H,1H3;2-4H,1H3. The number of nitrogens with zero attached hydrogens (tertiary/aromatic N) is 14. The number of carboxylic acid groups (broad SMARTS) is 2. The number of aromatic nitrogens is 13. The van der Waals surface area contributed by atoms with Crippen LogP contribution in [0, 0.1) is 51.2 Å². The van der Waals surface area contributed by atoms with Crippen LogP contribution in [0.5, 0.6) is 0 Å². The Bertz CT molecular complexity index is 6260. The molecule has 0 saturated carbocycles. The number of alkyl halides is 1. The zero-order valence-electron chi connectivity index (χ0n) is 68.8. The predicted molar refractivity (Wildman–Crippen MR) is 508 cm³/mol. The van der Waals surface area contributed by atoms with Gasteiger partial charge in [-0.1, -0.05) is 76.6 Å². The smallest absolute Gasteiger partial charge is 0.357 e. The van der Waals surface area contributed by atoms with Crippen molar-refractivity contribution in [1.29, 1.82) is 5.26 Å². The molecule has 0 aliphatic carbocycles. The summed E-state index contributed by atoms with van der Waals surface area (Å²) >= 11 is 28.9. The quantitative estimate of drug-likeness (QED) is 0.0356. The van der Waals surface area contributed by atoms with Gasteiger partial charge in [0.15, 0.2) is 40.4 Å². The monoisotopic (exact) mass is 2290 g/mol. The zero-order valence-corrected chi connectivity index (χ0v) is 83.1. The van der Waals surface area contributed by atoms with E-state index in [9.17, 15) is 43.9 Å². The van der Waals surface area contributed by atoms with Gasteiger partial charge in [0, 0.05) is 73.9 Å². The van der Waals surface area contributed by atoms with E-state index in [1.54, 1.807) is 113 Å². The molecule has 0 aliphatic rings. The van der Waals surface area contributed by atoms with Gasteiger partial charge in [0.05, 0.1) is 128 Å². The van der Waals surface area contributed by atoms with Crippen LogP contribution >= 0.6 is 143 Å². The van der Waals surface area contributed by atoms with Gasteiger partial charge in [-0.2, -0.15) is 9.99 Å². The van der Waals surface area contributed by atoms with E-state index in [1.165, 1.54) is 48.1 Å². The van der Waals surface area contributed by atoms with E-state index in [0.29, 0.717) is 85.4 Å². The van der Waals surface area contributed by atoms with Gasteiger partial charge in [0.25, 0.3) is 0 Å². The van der Waals surface area contributed by atoms with E-state index in [4.69, 9.17) is 20.8 Å². The van der Waals surface area contributed by atoms with Crippen LogP contribution in [0.25, 0.3) is 38.8 Å². The average molecular weight is 2300 g/mol. The summed E-state index contributed by atoms with van der Waals surface area (Å²) in [5.41, 5.74) is 19.3. The molecule has 13 heterocycles. The normalized spacial score (nSPS) is 9.94. The Balaban J connectivity index is 0.000000220. The van der Waals surface area contributed by atoms with Crippen molar-refractivity contribution in [2.75, 3.05) is 35.5 Å². The maximum absolute atomic E-state index is 12.0. The summed E-state index contributed by atoms with van der Waals surface area (Å²) in [5, 5.41) is 37.8. The van der Waals surface area contributed by atoms with E-state index in [1.807, 2.05) is 160 Å². The maximum atomic E-state index is 12.0. The summed E-state index contributed by atoms with van der Waals surface area (Å²) in [6.45, 7) is 9.45. The van der Waals surface area contributed by atoms with Crippen LogP contribution in [0.1, 0.15) is 119 Å². The number of benzene rings is 2. The van der Waals surface area contributed by atoms with Gasteiger partial charge in [-0.15, -0.1) is 0 Å². The summed E-state index contributed by atoms with van der Waals surface area (Å²) < 4.78 is 34.7. The van der Waals surface area contributed by atoms with Crippen molar-refractivity contribution >= 4 is 202 Å². The first-order valence-electron chi connectivity index (χ1n) is 36.5. The number of carbonyl (C=O) groups excluding carboxylic acids is 5. The Labute approximate surface area is 804 Å². The van der Waals surface area contributed by atoms with Crippen molar-refractivity contribution in [3.05, 3.63) is 358 Å². The number of pyridine rings is 10. The van der Waals surface area contributed by atoms with E-state index in [-0.39, 0.29) is 29.0 Å². The molecule has 0 spiro atoms. The van der Waals surface area contributed by atoms with Crippen LogP contribution in [-0.2, 0) is 35.6 Å². The lowest BCUT2D eigenvalue weighted by Crippen LogP contribution is -2.28. The number of carbonyl (C=O) groups is 7. The van der Waals surface area contributed by atoms with Gasteiger partial charge >= 0.3 is 41.8 Å². The summed E-state index contributed by atoms with van der Waals surface area (Å²) in [6, 6.07) is 57.7. The fraction of sp³-hybridized carbons (Fsp3) is 0.136. The fourth-order valence-corrected chi connectivity index (χ4v) is 13.4. The molecule has 39 heteroatoms. The lowest BCUT2D eigenvalue weighted by atomic mass is 10.0. The van der Waals surface area contributed by atoms with E-state index in [2.05, 4.69) is 207 Å². The van der Waals surface area contributed by atoms with Crippen LogP contribution in [0.2, 0.25) is 0 Å². The number of nitriles is 1. The number of aromatic carboxylic acids is 2. The molecule has 0 fully saturated rings. The molecule has 0 aliphatic heterocycles. The minimum absolute atomic E-state index is 0.0602. The largest absolute Gasteiger partial charge is 0.618 e. The van der Waals surface area contributed by atoms with E-state index in [0.717, 1.165) is 74.2 Å². The second-order valence-corrected chi connectivity index (χ2v) is 32.6. The number of hydrogen-bond donors (Lipinski definition) is 3. The Hall–Kier alpha value is -11.6. The second-order valence-electron chi connectivity index (χ2n) is 25.1. The highest BCUT2D eigenvalue weighted by atomic mass is 79.9. The third kappa shape index (κ3) is 31.7. The molecule has 15 aromatic rings. The van der Waals surface area contributed by atoms with E-state index < -0.39 is 29.8 Å². The Morgan fingerprint density at radius 1 is 0.409 bits per heavy atom. The molecule has 15 rings (SSSR count). The molecule has 2 aromatic carbocycles. The molecule has 0 unspecified atom stereocenters. The summed E-state index contributed by atoms with van der Waals surface area (Å²) in [7, 11) is 6.71. The highest BCUT2D eigenvalue weighted by Crippen LogP contribution is 2.29. The lowest BCUT2D eigenvalue weighted by Gasteiger charge is -2.10. The third-order valence-corrected chi connectivity index (χ3v) is 21.7. The van der Waals surface area contributed by atoms with Crippen molar-refractivity contribution in [3.8, 4) is 28.3 Å². The Morgan fingerprint density at radius 2 is 0.787 bits per heavy atom. The number of methoxy groups -OCH3 is 5. The molecule has 13 aromatic heterocycles. The summed E-state index contributed by atoms with van der Waals surface area (Å²) in [6.07, 6.45) is 13.0. The zero-order chi connectivity index (χ0) is 93.6. The molecular weight excluding hydrogens is 2230 g/mol. The molecule has 30 nitrogen and oxygen atoms in total. The van der Waals surface area contributed by atoms with Crippen molar-refractivity contribution in [2.24, 2.45) is 5.73 Å². The van der Waals surface area contributed by atoms with Gasteiger partial charge in [-0.25, -0.2) is 73.4 Å². The number of nitrogens with two attached hydrogens (primary N) is 1. The number of halogens is 9. The predicted octanol–water partition coefficient (Wildman–Crippen LogP) is 20.3. The number of rotatable bonds is 11. The minimum Gasteiger partial charge on any atom is -0.618 e. The van der Waals surface area contributed by atoms with Crippen LogP contribution in [0.4, 0.5) is 0 Å². The molecule has 0 bridgehead atoms. The van der Waals surface area contributed by atoms with Crippen molar-refractivity contribution in [2.45, 2.75) is 46.5 Å². The molecule has 4 N–H and O–H groups in total. The number of carboxylic acids is 2. The molecule has 656 valence electrons. The molecule has 127 heavy (non-hydrogen) atoms. The second kappa shape index (κ2) is 53.1. The van der Waals surface area contributed by atoms with Crippen molar-refractivity contribution < 1.29 is 72.2 Å². The first-order valence-corrected chi connectivity index (χ1v) is 43.9. The third-order valence-electron chi connectivity index (χ3n) is 16.3. The molecule has 0 atom stereocenters. The fourth-order valence-electron chi connectivity index (χ4n) is 10.2. The van der Waals surface area contributed by atoms with Crippen LogP contribution < -0.4 is 10.5 Å². The Morgan fingerprint density at radius 3 is 1.19 bits per heavy atom. The molecular formula is C88H76Br9N15O15. The van der Waals surface area contributed by atoms with E-state index >= 15 is 0 Å². The van der Waals surface area contributed by atoms with Crippen LogP contribution in [0.3, 0.4) is 0 Å². The van der Waals surface area contributed by atoms with Crippen molar-refractivity contribution in [3.63, 3.8) is 0 Å². The molecule has 0 radical (unpaired) electrons. The van der Waals surface area contributed by atoms with Crippen LogP contribution in [0.15, 0.2) is 268 Å². The van der Waals surface area contributed by atoms with Gasteiger partial charge in [0.2, 0.25) is 0 Å². The van der Waals surface area contributed by atoms with Gasteiger partial charge in [-0.05, 0) is 282 Å². The first kappa shape index (κ1) is 104. The SMILES string of the molecule is COC(=O)c1c(-c2ccccc2)ccc2cncn12.COC(=O)c1c(Br)ccc2cncn12.COC(=O)c1nc(C)ccc1Br.COC(=O)c1nc(CBr)ccc1Br.COC(=O)c1nc(CN)ccc1Br.Cc1ccc(Br)c(C#N)n1.Cc1ccc(Br)c(C(=O)O)n1.Cc1ccc(Br)c[n+]1[O-].Cc1ccc(Br)cn1.O=C(O)c1c(-c2ccccc2)ccc2cncn12. The van der Waals surface area contributed by atoms with Gasteiger partial charge in [-0.3, -0.25) is 18.2 Å². The number of aryl methyl sites for hydroxylation is 5. The number of imidazole rings is 3. The first-order chi connectivity index (χ1) is 60.7. The van der Waals surface area contributed by atoms with Crippen LogP contribution in [-0.4, -0.2) is 146 Å². The lowest BCUT2D eigenvalue weighted by molar-refractivity contribution is -0.612. The highest BCUT2D eigenvalue weighted by Gasteiger charge is 2.21. The topological polar surface area (TPSA) is 412 Å². The number of fused-ring (bicyclic) bond motifs is 3. The van der Waals surface area contributed by atoms with Gasteiger partial charge < -0.3 is 44.8 Å². The minimum atomic E-state index is -1.01. The molecule has 0 amide bonds.